The smallest absolute Gasteiger partial charge is 0.320 e. The van der Waals surface area contributed by atoms with Gasteiger partial charge in [-0.15, -0.1) is 11.8 Å². The molecule has 0 aromatic heterocycles. The second-order valence-corrected chi connectivity index (χ2v) is 4.83. The van der Waals surface area contributed by atoms with Crippen LogP contribution in [0.3, 0.4) is 0 Å². The van der Waals surface area contributed by atoms with Crippen LogP contribution in [0.2, 0.25) is 0 Å². The largest absolute Gasteiger partial charge is 0.480 e. The van der Waals surface area contributed by atoms with E-state index in [1.54, 1.807) is 0 Å². The van der Waals surface area contributed by atoms with Gasteiger partial charge in [0.2, 0.25) is 0 Å². The van der Waals surface area contributed by atoms with Crippen LogP contribution in [0.5, 0.6) is 0 Å². The van der Waals surface area contributed by atoms with E-state index in [0.717, 1.165) is 17.7 Å². The average molecular weight is 223 g/mol. The molecule has 0 aliphatic carbocycles. The Kier molecular flexibility index (Phi) is 2.98. The van der Waals surface area contributed by atoms with Crippen LogP contribution < -0.4 is 5.73 Å². The summed E-state index contributed by atoms with van der Waals surface area (Å²) in [4.78, 5) is 11.9. The molecule has 1 aliphatic heterocycles. The summed E-state index contributed by atoms with van der Waals surface area (Å²) in [6.07, 6.45) is 1.52. The number of hydrogen-bond acceptors (Lipinski definition) is 3. The van der Waals surface area contributed by atoms with Crippen molar-refractivity contribution in [3.63, 3.8) is 0 Å². The number of hydrogen-bond donors (Lipinski definition) is 2. The number of fused-ring (bicyclic) bond motifs is 1. The highest BCUT2D eigenvalue weighted by molar-refractivity contribution is 7.99. The van der Waals surface area contributed by atoms with Gasteiger partial charge in [-0.05, 0) is 30.0 Å². The highest BCUT2D eigenvalue weighted by atomic mass is 32.2. The number of nitrogens with two attached hydrogens (primary N) is 1. The lowest BCUT2D eigenvalue weighted by atomic mass is 10.0. The maximum Gasteiger partial charge on any atom is 0.320 e. The van der Waals surface area contributed by atoms with Gasteiger partial charge in [0, 0.05) is 10.6 Å². The molecule has 0 spiro atoms. The molecular formula is C11H13NO2S. The first kappa shape index (κ1) is 10.5. The number of benzene rings is 1. The van der Waals surface area contributed by atoms with Gasteiger partial charge >= 0.3 is 5.97 Å². The number of aryl methyl sites for hydroxylation is 1. The van der Waals surface area contributed by atoms with Crippen LogP contribution in [-0.2, 0) is 17.6 Å². The van der Waals surface area contributed by atoms with Gasteiger partial charge in [-0.2, -0.15) is 0 Å². The van der Waals surface area contributed by atoms with E-state index in [-0.39, 0.29) is 0 Å². The molecule has 2 rings (SSSR count). The topological polar surface area (TPSA) is 63.3 Å². The lowest BCUT2D eigenvalue weighted by Crippen LogP contribution is -2.32. The molecule has 1 heterocycles. The van der Waals surface area contributed by atoms with Gasteiger partial charge in [0.05, 0.1) is 0 Å². The minimum atomic E-state index is -0.942. The van der Waals surface area contributed by atoms with Crippen LogP contribution >= 0.6 is 11.8 Å². The third-order valence-corrected chi connectivity index (χ3v) is 3.63. The van der Waals surface area contributed by atoms with E-state index in [9.17, 15) is 4.79 Å². The third kappa shape index (κ3) is 2.33. The summed E-state index contributed by atoms with van der Waals surface area (Å²) in [5.74, 6) is 0.187. The van der Waals surface area contributed by atoms with Crippen molar-refractivity contribution in [1.82, 2.24) is 0 Å². The van der Waals surface area contributed by atoms with Crippen LogP contribution in [-0.4, -0.2) is 22.9 Å². The molecule has 3 N–H and O–H groups in total. The van der Waals surface area contributed by atoms with Crippen molar-refractivity contribution >= 4 is 17.7 Å². The highest BCUT2D eigenvalue weighted by Crippen LogP contribution is 2.31. The van der Waals surface area contributed by atoms with Gasteiger partial charge in [0.15, 0.2) is 0 Å². The lowest BCUT2D eigenvalue weighted by molar-refractivity contribution is -0.138. The fourth-order valence-electron chi connectivity index (χ4n) is 1.68. The molecule has 80 valence electrons. The predicted molar refractivity (Wildman–Crippen MR) is 60.2 cm³/mol. The molecule has 1 aromatic carbocycles. The summed E-state index contributed by atoms with van der Waals surface area (Å²) < 4.78 is 0. The van der Waals surface area contributed by atoms with Crippen LogP contribution in [0.1, 0.15) is 11.1 Å². The van der Waals surface area contributed by atoms with Crippen LogP contribution in [0.25, 0.3) is 0 Å². The van der Waals surface area contributed by atoms with Gasteiger partial charge in [0.25, 0.3) is 0 Å². The average Bonchev–Trinajstić information content (AvgIpc) is 2.64. The van der Waals surface area contributed by atoms with Gasteiger partial charge in [-0.3, -0.25) is 4.79 Å². The molecule has 1 unspecified atom stereocenters. The molecule has 0 bridgehead atoms. The molecule has 0 saturated carbocycles. The molecule has 0 radical (unpaired) electrons. The van der Waals surface area contributed by atoms with E-state index in [1.807, 2.05) is 17.8 Å². The van der Waals surface area contributed by atoms with E-state index in [2.05, 4.69) is 12.1 Å². The predicted octanol–water partition coefficient (Wildman–Crippen LogP) is 1.29. The van der Waals surface area contributed by atoms with Crippen molar-refractivity contribution in [2.45, 2.75) is 23.8 Å². The minimum absolute atomic E-state index is 0.406. The molecule has 4 heteroatoms. The highest BCUT2D eigenvalue weighted by Gasteiger charge is 2.15. The summed E-state index contributed by atoms with van der Waals surface area (Å²) in [6.45, 7) is 0. The number of rotatable bonds is 3. The van der Waals surface area contributed by atoms with E-state index in [4.69, 9.17) is 10.8 Å². The Bertz CT molecular complexity index is 392. The van der Waals surface area contributed by atoms with Crippen molar-refractivity contribution in [3.8, 4) is 0 Å². The van der Waals surface area contributed by atoms with Crippen molar-refractivity contribution in [2.24, 2.45) is 5.73 Å². The second-order valence-electron chi connectivity index (χ2n) is 3.69. The molecule has 0 fully saturated rings. The van der Waals surface area contributed by atoms with E-state index < -0.39 is 12.0 Å². The van der Waals surface area contributed by atoms with Crippen LogP contribution in [0.4, 0.5) is 0 Å². The standard InChI is InChI=1S/C11H13NO2S/c12-9(11(13)14)5-7-1-2-8-3-4-15-10(8)6-7/h1-2,6,9H,3-5,12H2,(H,13,14). The van der Waals surface area contributed by atoms with Crippen molar-refractivity contribution in [1.29, 1.82) is 0 Å². The number of aliphatic carboxylic acids is 1. The van der Waals surface area contributed by atoms with Gasteiger partial charge in [-0.1, -0.05) is 12.1 Å². The van der Waals surface area contributed by atoms with Gasteiger partial charge in [-0.25, -0.2) is 0 Å². The molecule has 15 heavy (non-hydrogen) atoms. The normalized spacial score (nSPS) is 16.1. The summed E-state index contributed by atoms with van der Waals surface area (Å²) in [5.41, 5.74) is 7.87. The number of carboxylic acid groups (broad SMARTS) is 1. The second kappa shape index (κ2) is 4.24. The zero-order valence-corrected chi connectivity index (χ0v) is 9.09. The first-order chi connectivity index (χ1) is 7.16. The van der Waals surface area contributed by atoms with Crippen molar-refractivity contribution in [2.75, 3.05) is 5.75 Å². The van der Waals surface area contributed by atoms with Gasteiger partial charge < -0.3 is 10.8 Å². The SMILES string of the molecule is NC(Cc1ccc2c(c1)SCC2)C(=O)O. The molecule has 0 saturated heterocycles. The zero-order chi connectivity index (χ0) is 10.8. The molecule has 1 aliphatic rings. The lowest BCUT2D eigenvalue weighted by Gasteiger charge is -2.07. The maximum atomic E-state index is 10.6. The Morgan fingerprint density at radius 2 is 2.40 bits per heavy atom. The first-order valence-corrected chi connectivity index (χ1v) is 5.88. The molecule has 3 nitrogen and oxygen atoms in total. The summed E-state index contributed by atoms with van der Waals surface area (Å²) >= 11 is 1.83. The van der Waals surface area contributed by atoms with E-state index in [0.29, 0.717) is 6.42 Å². The Morgan fingerprint density at radius 1 is 1.60 bits per heavy atom. The molecular weight excluding hydrogens is 210 g/mol. The Morgan fingerprint density at radius 3 is 3.13 bits per heavy atom. The zero-order valence-electron chi connectivity index (χ0n) is 8.27. The number of carboxylic acids is 1. The molecule has 0 amide bonds. The summed E-state index contributed by atoms with van der Waals surface area (Å²) in [7, 11) is 0. The Balaban J connectivity index is 2.13. The summed E-state index contributed by atoms with van der Waals surface area (Å²) in [6, 6.07) is 5.33. The Labute approximate surface area is 92.7 Å². The molecule has 1 aromatic rings. The number of carbonyl (C=O) groups is 1. The third-order valence-electron chi connectivity index (χ3n) is 2.53. The fraction of sp³-hybridized carbons (Fsp3) is 0.364. The summed E-state index contributed by atoms with van der Waals surface area (Å²) in [5, 5.41) is 8.71. The van der Waals surface area contributed by atoms with Gasteiger partial charge in [0.1, 0.15) is 6.04 Å². The van der Waals surface area contributed by atoms with Crippen molar-refractivity contribution < 1.29 is 9.90 Å². The quantitative estimate of drug-likeness (QED) is 0.810. The fourth-order valence-corrected chi connectivity index (χ4v) is 2.81. The van der Waals surface area contributed by atoms with Crippen molar-refractivity contribution in [3.05, 3.63) is 29.3 Å². The van der Waals surface area contributed by atoms with E-state index >= 15 is 0 Å². The first-order valence-electron chi connectivity index (χ1n) is 4.90. The molecule has 1 atom stereocenters. The maximum absolute atomic E-state index is 10.6. The Hall–Kier alpha value is -1.00. The minimum Gasteiger partial charge on any atom is -0.480 e. The number of thioether (sulfide) groups is 1. The van der Waals surface area contributed by atoms with E-state index in [1.165, 1.54) is 10.5 Å². The monoisotopic (exact) mass is 223 g/mol. The van der Waals surface area contributed by atoms with Crippen LogP contribution in [0, 0.1) is 0 Å². The van der Waals surface area contributed by atoms with Crippen LogP contribution in [0.15, 0.2) is 23.1 Å².